The molecule has 4 unspecified atom stereocenters. The minimum atomic E-state index is -0.812. The summed E-state index contributed by atoms with van der Waals surface area (Å²) < 4.78 is 13.0. The Morgan fingerprint density at radius 1 is 1.00 bits per heavy atom. The fourth-order valence-corrected chi connectivity index (χ4v) is 3.81. The molecule has 5 heteroatoms. The van der Waals surface area contributed by atoms with Gasteiger partial charge in [-0.1, -0.05) is 37.8 Å². The van der Waals surface area contributed by atoms with Crippen LogP contribution in [0.2, 0.25) is 0 Å². The van der Waals surface area contributed by atoms with E-state index in [1.54, 1.807) is 12.1 Å². The maximum absolute atomic E-state index is 13.0. The molecule has 0 aliphatic heterocycles. The van der Waals surface area contributed by atoms with Crippen molar-refractivity contribution in [3.63, 3.8) is 0 Å². The first kappa shape index (κ1) is 16.9. The fourth-order valence-electron chi connectivity index (χ4n) is 3.81. The highest BCUT2D eigenvalue weighted by Gasteiger charge is 2.45. The first-order valence-corrected chi connectivity index (χ1v) is 8.85. The van der Waals surface area contributed by atoms with Crippen LogP contribution < -0.4 is 5.32 Å². The minimum absolute atomic E-state index is 0.0545. The van der Waals surface area contributed by atoms with Crippen molar-refractivity contribution < 1.29 is 19.1 Å². The van der Waals surface area contributed by atoms with E-state index in [0.29, 0.717) is 6.42 Å². The van der Waals surface area contributed by atoms with Crippen LogP contribution in [0.4, 0.5) is 4.39 Å². The standard InChI is InChI=1S/C19H24FNO3/c20-13-9-7-12(8-10-13)15-11-16(15)18(22)21-17-6-4-2-1-3-5-14(17)19(23)24/h7-10,14-17H,1-6,11H2,(H,21,22)(H,23,24). The molecule has 0 spiro atoms. The second-order valence-electron chi connectivity index (χ2n) is 7.05. The first-order chi connectivity index (χ1) is 11.6. The zero-order valence-corrected chi connectivity index (χ0v) is 13.7. The van der Waals surface area contributed by atoms with Crippen LogP contribution in [0.1, 0.15) is 56.4 Å². The van der Waals surface area contributed by atoms with Gasteiger partial charge in [-0.3, -0.25) is 9.59 Å². The highest BCUT2D eigenvalue weighted by molar-refractivity contribution is 5.84. The lowest BCUT2D eigenvalue weighted by Crippen LogP contribution is -2.44. The molecule has 1 aromatic carbocycles. The average Bonchev–Trinajstić information content (AvgIpc) is 3.31. The van der Waals surface area contributed by atoms with Crippen molar-refractivity contribution in [1.82, 2.24) is 5.32 Å². The van der Waals surface area contributed by atoms with E-state index in [2.05, 4.69) is 5.32 Å². The molecule has 2 aliphatic carbocycles. The molecule has 0 aromatic heterocycles. The maximum Gasteiger partial charge on any atom is 0.308 e. The van der Waals surface area contributed by atoms with Crippen LogP contribution >= 0.6 is 0 Å². The molecule has 2 N–H and O–H groups in total. The predicted molar refractivity (Wildman–Crippen MR) is 88.0 cm³/mol. The summed E-state index contributed by atoms with van der Waals surface area (Å²) in [5.41, 5.74) is 0.976. The van der Waals surface area contributed by atoms with Gasteiger partial charge >= 0.3 is 5.97 Å². The lowest BCUT2D eigenvalue weighted by Gasteiger charge is -2.27. The van der Waals surface area contributed by atoms with Gasteiger partial charge in [-0.25, -0.2) is 4.39 Å². The Morgan fingerprint density at radius 3 is 2.33 bits per heavy atom. The van der Waals surface area contributed by atoms with Gasteiger partial charge in [0.1, 0.15) is 5.82 Å². The molecule has 1 amide bonds. The van der Waals surface area contributed by atoms with E-state index in [1.165, 1.54) is 12.1 Å². The van der Waals surface area contributed by atoms with E-state index >= 15 is 0 Å². The van der Waals surface area contributed by atoms with E-state index in [4.69, 9.17) is 0 Å². The summed E-state index contributed by atoms with van der Waals surface area (Å²) in [6, 6.07) is 6.01. The summed E-state index contributed by atoms with van der Waals surface area (Å²) in [7, 11) is 0. The number of aliphatic carboxylic acids is 1. The van der Waals surface area contributed by atoms with Crippen LogP contribution in [0.15, 0.2) is 24.3 Å². The molecule has 0 bridgehead atoms. The van der Waals surface area contributed by atoms with Gasteiger partial charge in [0.2, 0.25) is 5.91 Å². The average molecular weight is 333 g/mol. The number of benzene rings is 1. The topological polar surface area (TPSA) is 66.4 Å². The van der Waals surface area contributed by atoms with E-state index in [1.807, 2.05) is 0 Å². The van der Waals surface area contributed by atoms with Crippen LogP contribution in [0.25, 0.3) is 0 Å². The monoisotopic (exact) mass is 333 g/mol. The molecule has 2 saturated carbocycles. The molecule has 2 fully saturated rings. The van der Waals surface area contributed by atoms with Gasteiger partial charge in [0, 0.05) is 12.0 Å². The number of rotatable bonds is 4. The van der Waals surface area contributed by atoms with Gasteiger partial charge in [0.25, 0.3) is 0 Å². The van der Waals surface area contributed by atoms with Crippen molar-refractivity contribution in [1.29, 1.82) is 0 Å². The van der Waals surface area contributed by atoms with Gasteiger partial charge in [-0.2, -0.15) is 0 Å². The molecule has 0 heterocycles. The Bertz CT molecular complexity index is 601. The second-order valence-corrected chi connectivity index (χ2v) is 7.05. The van der Waals surface area contributed by atoms with Crippen molar-refractivity contribution in [2.75, 3.05) is 0 Å². The summed E-state index contributed by atoms with van der Waals surface area (Å²) in [4.78, 5) is 24.0. The number of carboxylic acids is 1. The van der Waals surface area contributed by atoms with Crippen LogP contribution in [0.3, 0.4) is 0 Å². The Balaban J connectivity index is 1.60. The summed E-state index contributed by atoms with van der Waals surface area (Å²) in [5, 5.41) is 12.5. The Morgan fingerprint density at radius 2 is 1.67 bits per heavy atom. The summed E-state index contributed by atoms with van der Waals surface area (Å²) in [6.07, 6.45) is 6.15. The number of nitrogens with one attached hydrogen (secondary N) is 1. The summed E-state index contributed by atoms with van der Waals surface area (Å²) >= 11 is 0. The Kier molecular flexibility index (Phi) is 5.17. The third-order valence-electron chi connectivity index (χ3n) is 5.34. The maximum atomic E-state index is 13.0. The van der Waals surface area contributed by atoms with Crippen molar-refractivity contribution in [3.8, 4) is 0 Å². The molecule has 2 aliphatic rings. The number of hydrogen-bond donors (Lipinski definition) is 2. The molecule has 130 valence electrons. The predicted octanol–water partition coefficient (Wildman–Crippen LogP) is 3.47. The fraction of sp³-hybridized carbons (Fsp3) is 0.579. The SMILES string of the molecule is O=C(O)C1CCCCCCC1NC(=O)C1CC1c1ccc(F)cc1. The van der Waals surface area contributed by atoms with E-state index in [9.17, 15) is 19.1 Å². The molecule has 24 heavy (non-hydrogen) atoms. The third kappa shape index (κ3) is 3.94. The molecule has 4 atom stereocenters. The number of carbonyl (C=O) groups excluding carboxylic acids is 1. The molecular weight excluding hydrogens is 309 g/mol. The van der Waals surface area contributed by atoms with Gasteiger partial charge < -0.3 is 10.4 Å². The van der Waals surface area contributed by atoms with Gasteiger partial charge in [0.15, 0.2) is 0 Å². The molecule has 3 rings (SSSR count). The third-order valence-corrected chi connectivity index (χ3v) is 5.34. The first-order valence-electron chi connectivity index (χ1n) is 8.85. The van der Waals surface area contributed by atoms with Gasteiger partial charge in [-0.05, 0) is 42.9 Å². The number of halogens is 1. The summed E-state index contributed by atoms with van der Waals surface area (Å²) in [6.45, 7) is 0. The highest BCUT2D eigenvalue weighted by atomic mass is 19.1. The molecular formula is C19H24FNO3. The molecule has 0 radical (unpaired) electrons. The minimum Gasteiger partial charge on any atom is -0.481 e. The van der Waals surface area contributed by atoms with E-state index < -0.39 is 11.9 Å². The van der Waals surface area contributed by atoms with Crippen LogP contribution in [0, 0.1) is 17.7 Å². The van der Waals surface area contributed by atoms with Crippen molar-refractivity contribution in [3.05, 3.63) is 35.6 Å². The van der Waals surface area contributed by atoms with Crippen LogP contribution in [0.5, 0.6) is 0 Å². The van der Waals surface area contributed by atoms with Crippen molar-refractivity contribution >= 4 is 11.9 Å². The van der Waals surface area contributed by atoms with Crippen molar-refractivity contribution in [2.45, 2.75) is 56.9 Å². The molecule has 4 nitrogen and oxygen atoms in total. The van der Waals surface area contributed by atoms with Gasteiger partial charge in [-0.15, -0.1) is 0 Å². The molecule has 0 saturated heterocycles. The highest BCUT2D eigenvalue weighted by Crippen LogP contribution is 2.47. The quantitative estimate of drug-likeness (QED) is 0.886. The second kappa shape index (κ2) is 7.32. The van der Waals surface area contributed by atoms with Gasteiger partial charge in [0.05, 0.1) is 5.92 Å². The Hall–Kier alpha value is -1.91. The normalized spacial score (nSPS) is 30.0. The summed E-state index contributed by atoms with van der Waals surface area (Å²) in [5.74, 6) is -1.62. The smallest absolute Gasteiger partial charge is 0.308 e. The zero-order valence-electron chi connectivity index (χ0n) is 13.7. The van der Waals surface area contributed by atoms with Crippen molar-refractivity contribution in [2.24, 2.45) is 11.8 Å². The zero-order chi connectivity index (χ0) is 17.1. The molecule has 1 aromatic rings. The number of carboxylic acid groups (broad SMARTS) is 1. The number of hydrogen-bond acceptors (Lipinski definition) is 2. The lowest BCUT2D eigenvalue weighted by atomic mass is 9.86. The Labute approximate surface area is 141 Å². The van der Waals surface area contributed by atoms with Crippen LogP contribution in [-0.4, -0.2) is 23.0 Å². The lowest BCUT2D eigenvalue weighted by molar-refractivity contribution is -0.143. The largest absolute Gasteiger partial charge is 0.481 e. The number of amides is 1. The van der Waals surface area contributed by atoms with E-state index in [-0.39, 0.29) is 29.6 Å². The number of carbonyl (C=O) groups is 2. The van der Waals surface area contributed by atoms with Crippen LogP contribution in [-0.2, 0) is 9.59 Å². The van der Waals surface area contributed by atoms with E-state index in [0.717, 1.165) is 44.1 Å².